The van der Waals surface area contributed by atoms with E-state index in [2.05, 4.69) is 5.32 Å². The summed E-state index contributed by atoms with van der Waals surface area (Å²) in [6.07, 6.45) is -0.387. The first-order valence-electron chi connectivity index (χ1n) is 6.80. The number of ether oxygens (including phenoxy) is 1. The molecule has 6 nitrogen and oxygen atoms in total. The largest absolute Gasteiger partial charge is 0.481 e. The molecule has 1 aromatic carbocycles. The van der Waals surface area contributed by atoms with Gasteiger partial charge in [0.15, 0.2) is 6.10 Å². The van der Waals surface area contributed by atoms with E-state index in [-0.39, 0.29) is 12.5 Å². The molecule has 2 unspecified atom stereocenters. The Hall–Kier alpha value is -1.92. The zero-order chi connectivity index (χ0) is 15.5. The Morgan fingerprint density at radius 3 is 2.86 bits per heavy atom. The third-order valence-electron chi connectivity index (χ3n) is 3.41. The summed E-state index contributed by atoms with van der Waals surface area (Å²) in [6.45, 7) is 1.69. The lowest BCUT2D eigenvalue weighted by atomic mass is 9.96. The molecule has 1 aliphatic heterocycles. The molecule has 0 spiro atoms. The first kappa shape index (κ1) is 15.5. The molecule has 0 fully saturated rings. The average Bonchev–Trinajstić information content (AvgIpc) is 2.43. The summed E-state index contributed by atoms with van der Waals surface area (Å²) >= 11 is 0. The topological polar surface area (TPSA) is 95.9 Å². The van der Waals surface area contributed by atoms with Crippen molar-refractivity contribution in [3.8, 4) is 0 Å². The van der Waals surface area contributed by atoms with Crippen LogP contribution in [0.3, 0.4) is 0 Å². The number of carboxylic acid groups (broad SMARTS) is 1. The van der Waals surface area contributed by atoms with Gasteiger partial charge in [-0.05, 0) is 24.5 Å². The minimum Gasteiger partial charge on any atom is -0.481 e. The highest BCUT2D eigenvalue weighted by molar-refractivity contribution is 5.83. The normalized spacial score (nSPS) is 20.2. The maximum Gasteiger partial charge on any atom is 0.306 e. The number of benzene rings is 1. The van der Waals surface area contributed by atoms with Crippen molar-refractivity contribution in [2.45, 2.75) is 31.5 Å². The molecule has 6 heteroatoms. The third kappa shape index (κ3) is 4.03. The summed E-state index contributed by atoms with van der Waals surface area (Å²) in [5.74, 6) is -1.48. The molecule has 1 aromatic rings. The molecule has 0 saturated heterocycles. The zero-order valence-electron chi connectivity index (χ0n) is 11.8. The van der Waals surface area contributed by atoms with Gasteiger partial charge in [-0.25, -0.2) is 0 Å². The van der Waals surface area contributed by atoms with Gasteiger partial charge in [-0.3, -0.25) is 9.59 Å². The van der Waals surface area contributed by atoms with Crippen molar-refractivity contribution in [3.63, 3.8) is 0 Å². The van der Waals surface area contributed by atoms with Crippen LogP contribution in [0.1, 0.15) is 30.6 Å². The molecule has 114 valence electrons. The van der Waals surface area contributed by atoms with Crippen molar-refractivity contribution < 1.29 is 24.5 Å². The lowest BCUT2D eigenvalue weighted by molar-refractivity contribution is -0.143. The molecule has 1 aliphatic rings. The molecule has 0 saturated carbocycles. The fourth-order valence-electron chi connectivity index (χ4n) is 2.37. The number of rotatable bonds is 5. The molecule has 21 heavy (non-hydrogen) atoms. The van der Waals surface area contributed by atoms with Crippen LogP contribution in [0.4, 0.5) is 0 Å². The van der Waals surface area contributed by atoms with E-state index in [0.717, 1.165) is 17.5 Å². The van der Waals surface area contributed by atoms with Crippen molar-refractivity contribution in [2.75, 3.05) is 13.2 Å². The fourth-order valence-corrected chi connectivity index (χ4v) is 2.37. The van der Waals surface area contributed by atoms with Crippen molar-refractivity contribution in [1.82, 2.24) is 5.32 Å². The highest BCUT2D eigenvalue weighted by atomic mass is 16.5. The number of hydrogen-bond acceptors (Lipinski definition) is 4. The van der Waals surface area contributed by atoms with Crippen LogP contribution in [-0.4, -0.2) is 40.8 Å². The van der Waals surface area contributed by atoms with Crippen LogP contribution in [0.25, 0.3) is 0 Å². The molecule has 0 aliphatic carbocycles. The number of carbonyl (C=O) groups is 2. The Labute approximate surface area is 122 Å². The van der Waals surface area contributed by atoms with E-state index in [9.17, 15) is 14.7 Å². The highest BCUT2D eigenvalue weighted by Gasteiger charge is 2.30. The highest BCUT2D eigenvalue weighted by Crippen LogP contribution is 2.27. The van der Waals surface area contributed by atoms with Crippen molar-refractivity contribution >= 4 is 11.9 Å². The molecule has 0 radical (unpaired) electrons. The van der Waals surface area contributed by atoms with Crippen LogP contribution in [0.15, 0.2) is 24.3 Å². The number of carbonyl (C=O) groups excluding carboxylic acids is 1. The van der Waals surface area contributed by atoms with E-state index in [0.29, 0.717) is 6.61 Å². The second-order valence-corrected chi connectivity index (χ2v) is 5.48. The van der Waals surface area contributed by atoms with Crippen LogP contribution >= 0.6 is 0 Å². The predicted octanol–water partition coefficient (Wildman–Crippen LogP) is 0.642. The smallest absolute Gasteiger partial charge is 0.306 e. The minimum atomic E-state index is -1.49. The van der Waals surface area contributed by atoms with Crippen LogP contribution in [0, 0.1) is 0 Å². The van der Waals surface area contributed by atoms with Gasteiger partial charge >= 0.3 is 5.97 Å². The van der Waals surface area contributed by atoms with Gasteiger partial charge in [-0.15, -0.1) is 0 Å². The summed E-state index contributed by atoms with van der Waals surface area (Å²) in [4.78, 5) is 22.8. The molecular weight excluding hydrogens is 274 g/mol. The summed E-state index contributed by atoms with van der Waals surface area (Å²) in [6, 6.07) is 7.55. The molecule has 3 N–H and O–H groups in total. The first-order chi connectivity index (χ1) is 9.89. The van der Waals surface area contributed by atoms with E-state index in [1.54, 1.807) is 0 Å². The second-order valence-electron chi connectivity index (χ2n) is 5.48. The summed E-state index contributed by atoms with van der Waals surface area (Å²) < 4.78 is 5.50. The summed E-state index contributed by atoms with van der Waals surface area (Å²) in [7, 11) is 0. The van der Waals surface area contributed by atoms with Crippen LogP contribution in [0.5, 0.6) is 0 Å². The van der Waals surface area contributed by atoms with Gasteiger partial charge in [0.25, 0.3) is 5.91 Å². The number of hydrogen-bond donors (Lipinski definition) is 3. The standard InChI is InChI=1S/C15H19NO5/c1-15(20,8-12(17)18)9-16-14(19)13-11-5-3-2-4-10(11)6-7-21-13/h2-5,13,20H,6-9H2,1H3,(H,16,19)(H,17,18). The van der Waals surface area contributed by atoms with E-state index in [1.807, 2.05) is 24.3 Å². The SMILES string of the molecule is CC(O)(CNC(=O)C1OCCc2ccccc21)CC(=O)O. The van der Waals surface area contributed by atoms with E-state index >= 15 is 0 Å². The lowest BCUT2D eigenvalue weighted by Crippen LogP contribution is -2.44. The monoisotopic (exact) mass is 293 g/mol. The van der Waals surface area contributed by atoms with Gasteiger partial charge in [0.2, 0.25) is 0 Å². The average molecular weight is 293 g/mol. The molecule has 1 heterocycles. The molecule has 2 atom stereocenters. The van der Waals surface area contributed by atoms with Gasteiger partial charge in [0.1, 0.15) is 0 Å². The van der Waals surface area contributed by atoms with Gasteiger partial charge in [-0.1, -0.05) is 24.3 Å². The number of aliphatic hydroxyl groups is 1. The number of aliphatic carboxylic acids is 1. The van der Waals surface area contributed by atoms with Crippen LogP contribution in [-0.2, 0) is 20.7 Å². The van der Waals surface area contributed by atoms with Crippen molar-refractivity contribution in [1.29, 1.82) is 0 Å². The van der Waals surface area contributed by atoms with E-state index in [1.165, 1.54) is 6.92 Å². The Balaban J connectivity index is 2.00. The summed E-state index contributed by atoms with van der Waals surface area (Å²) in [5, 5.41) is 21.1. The van der Waals surface area contributed by atoms with Crippen LogP contribution in [0.2, 0.25) is 0 Å². The molecule has 0 aromatic heterocycles. The Kier molecular flexibility index (Phi) is 4.59. The number of amides is 1. The van der Waals surface area contributed by atoms with E-state index in [4.69, 9.17) is 9.84 Å². The molecule has 2 rings (SSSR count). The van der Waals surface area contributed by atoms with E-state index < -0.39 is 24.1 Å². The molecular formula is C15H19NO5. The minimum absolute atomic E-state index is 0.139. The van der Waals surface area contributed by atoms with Gasteiger partial charge in [0, 0.05) is 6.54 Å². The third-order valence-corrected chi connectivity index (χ3v) is 3.41. The quantitative estimate of drug-likeness (QED) is 0.740. The molecule has 1 amide bonds. The number of carboxylic acids is 1. The number of fused-ring (bicyclic) bond motifs is 1. The predicted molar refractivity (Wildman–Crippen MR) is 74.7 cm³/mol. The van der Waals surface area contributed by atoms with Gasteiger partial charge in [-0.2, -0.15) is 0 Å². The maximum atomic E-state index is 12.2. The Bertz CT molecular complexity index is 541. The molecule has 0 bridgehead atoms. The summed E-state index contributed by atoms with van der Waals surface area (Å²) in [5.41, 5.74) is 0.399. The Morgan fingerprint density at radius 1 is 1.43 bits per heavy atom. The maximum absolute atomic E-state index is 12.2. The van der Waals surface area contributed by atoms with Crippen LogP contribution < -0.4 is 5.32 Å². The zero-order valence-corrected chi connectivity index (χ0v) is 11.8. The van der Waals surface area contributed by atoms with Crippen molar-refractivity contribution in [3.05, 3.63) is 35.4 Å². The first-order valence-corrected chi connectivity index (χ1v) is 6.80. The lowest BCUT2D eigenvalue weighted by Gasteiger charge is -2.27. The van der Waals surface area contributed by atoms with Gasteiger partial charge in [0.05, 0.1) is 18.6 Å². The second kappa shape index (κ2) is 6.24. The number of nitrogens with one attached hydrogen (secondary N) is 1. The Morgan fingerprint density at radius 2 is 2.14 bits per heavy atom. The van der Waals surface area contributed by atoms with Crippen molar-refractivity contribution in [2.24, 2.45) is 0 Å². The fraction of sp³-hybridized carbons (Fsp3) is 0.467. The van der Waals surface area contributed by atoms with Gasteiger partial charge < -0.3 is 20.3 Å².